The molecule has 0 unspecified atom stereocenters. The van der Waals surface area contributed by atoms with Gasteiger partial charge in [0.2, 0.25) is 6.10 Å². The molecule has 134 valence electrons. The number of hydrogen-bond donors (Lipinski definition) is 1. The molecule has 5 nitrogen and oxygen atoms in total. The number of aryl methyl sites for hydroxylation is 1. The Labute approximate surface area is 148 Å². The minimum Gasteiger partial charge on any atom is -0.506 e. The smallest absolute Gasteiger partial charge is 0.271 e. The van der Waals surface area contributed by atoms with Crippen LogP contribution >= 0.6 is 0 Å². The van der Waals surface area contributed by atoms with E-state index < -0.39 is 17.7 Å². The predicted octanol–water partition coefficient (Wildman–Crippen LogP) is 3.14. The lowest BCUT2D eigenvalue weighted by Gasteiger charge is -2.31. The molecule has 1 N–H and O–H groups in total. The van der Waals surface area contributed by atoms with Crippen LogP contribution in [0.3, 0.4) is 0 Å². The molecule has 7 heteroatoms. The Balaban J connectivity index is 1.56. The third kappa shape index (κ3) is 2.79. The molecule has 26 heavy (non-hydrogen) atoms. The number of halogens is 2. The number of anilines is 1. The van der Waals surface area contributed by atoms with Gasteiger partial charge in [-0.1, -0.05) is 17.3 Å². The van der Waals surface area contributed by atoms with Crippen LogP contribution in [0.25, 0.3) is 0 Å². The first-order valence-electron chi connectivity index (χ1n) is 8.35. The summed E-state index contributed by atoms with van der Waals surface area (Å²) in [5, 5.41) is 13.9. The van der Waals surface area contributed by atoms with E-state index >= 15 is 0 Å². The summed E-state index contributed by atoms with van der Waals surface area (Å²) in [5.41, 5.74) is 1.55. The molecule has 2 aliphatic heterocycles. The number of phenolic OH excluding ortho intramolecular Hbond substituents is 1. The highest BCUT2D eigenvalue weighted by molar-refractivity contribution is 6.07. The summed E-state index contributed by atoms with van der Waals surface area (Å²) in [4.78, 5) is 19.6. The lowest BCUT2D eigenvalue weighted by atomic mass is 9.99. The van der Waals surface area contributed by atoms with E-state index in [1.54, 1.807) is 6.07 Å². The summed E-state index contributed by atoms with van der Waals surface area (Å²) in [6.07, 6.45) is 0.646. The van der Waals surface area contributed by atoms with Gasteiger partial charge in [-0.3, -0.25) is 4.79 Å². The molecule has 0 spiro atoms. The molecule has 0 aromatic heterocycles. The van der Waals surface area contributed by atoms with Gasteiger partial charge in [0.05, 0.1) is 11.4 Å². The largest absolute Gasteiger partial charge is 0.506 e. The van der Waals surface area contributed by atoms with E-state index in [4.69, 9.17) is 4.84 Å². The second-order valence-electron chi connectivity index (χ2n) is 6.34. The van der Waals surface area contributed by atoms with E-state index in [1.165, 1.54) is 11.0 Å². The average molecular weight is 358 g/mol. The number of fused-ring (bicyclic) bond motifs is 1. The number of carbonyl (C=O) groups is 1. The molecule has 0 radical (unpaired) electrons. The quantitative estimate of drug-likeness (QED) is 0.897. The molecule has 0 bridgehead atoms. The summed E-state index contributed by atoms with van der Waals surface area (Å²) >= 11 is 0. The van der Waals surface area contributed by atoms with Crippen molar-refractivity contribution in [2.45, 2.75) is 25.4 Å². The number of benzene rings is 2. The number of phenols is 1. The van der Waals surface area contributed by atoms with Crippen LogP contribution in [0, 0.1) is 11.6 Å². The molecule has 0 saturated heterocycles. The fraction of sp³-hybridized carbons (Fsp3) is 0.263. The van der Waals surface area contributed by atoms with Crippen molar-refractivity contribution in [2.24, 2.45) is 5.16 Å². The van der Waals surface area contributed by atoms with Crippen molar-refractivity contribution in [1.29, 1.82) is 0 Å². The Kier molecular flexibility index (Phi) is 4.06. The first kappa shape index (κ1) is 16.5. The van der Waals surface area contributed by atoms with Crippen LogP contribution in [-0.4, -0.2) is 29.4 Å². The zero-order valence-corrected chi connectivity index (χ0v) is 13.8. The van der Waals surface area contributed by atoms with Crippen LogP contribution in [0.5, 0.6) is 5.75 Å². The molecule has 1 atom stereocenters. The van der Waals surface area contributed by atoms with Crippen molar-refractivity contribution in [3.63, 3.8) is 0 Å². The first-order chi connectivity index (χ1) is 12.5. The Bertz CT molecular complexity index is 914. The summed E-state index contributed by atoms with van der Waals surface area (Å²) in [6, 6.07) is 8.21. The van der Waals surface area contributed by atoms with Gasteiger partial charge in [-0.15, -0.1) is 0 Å². The lowest BCUT2D eigenvalue weighted by molar-refractivity contribution is -0.128. The van der Waals surface area contributed by atoms with E-state index in [9.17, 15) is 18.7 Å². The SMILES string of the molecule is O=C([C@H]1CC(c2cc(F)ccc2F)=NO1)N1CCCc2cccc(O)c21. The molecule has 2 heterocycles. The average Bonchev–Trinajstić information content (AvgIpc) is 3.13. The van der Waals surface area contributed by atoms with E-state index in [2.05, 4.69) is 5.16 Å². The minimum atomic E-state index is -0.932. The van der Waals surface area contributed by atoms with Crippen molar-refractivity contribution < 1.29 is 23.5 Å². The maximum atomic E-state index is 13.9. The van der Waals surface area contributed by atoms with Gasteiger partial charge in [-0.05, 0) is 42.7 Å². The molecule has 0 aliphatic carbocycles. The Hall–Kier alpha value is -2.96. The molecule has 0 fully saturated rings. The van der Waals surface area contributed by atoms with Crippen LogP contribution in [-0.2, 0) is 16.1 Å². The number of aromatic hydroxyl groups is 1. The second-order valence-corrected chi connectivity index (χ2v) is 6.34. The fourth-order valence-corrected chi connectivity index (χ4v) is 3.41. The summed E-state index contributed by atoms with van der Waals surface area (Å²) in [7, 11) is 0. The Morgan fingerprint density at radius 1 is 1.27 bits per heavy atom. The topological polar surface area (TPSA) is 62.1 Å². The maximum absolute atomic E-state index is 13.9. The van der Waals surface area contributed by atoms with Crippen LogP contribution < -0.4 is 4.90 Å². The van der Waals surface area contributed by atoms with Gasteiger partial charge in [0.25, 0.3) is 5.91 Å². The highest BCUT2D eigenvalue weighted by atomic mass is 19.1. The molecule has 2 aromatic rings. The van der Waals surface area contributed by atoms with Gasteiger partial charge in [0.15, 0.2) is 0 Å². The first-order valence-corrected chi connectivity index (χ1v) is 8.35. The molecule has 1 amide bonds. The molecule has 2 aromatic carbocycles. The van der Waals surface area contributed by atoms with Crippen LogP contribution in [0.15, 0.2) is 41.6 Å². The Morgan fingerprint density at radius 3 is 2.96 bits per heavy atom. The molecule has 4 rings (SSSR count). The lowest BCUT2D eigenvalue weighted by Crippen LogP contribution is -2.42. The van der Waals surface area contributed by atoms with Crippen molar-refractivity contribution in [2.75, 3.05) is 11.4 Å². The normalized spacial score (nSPS) is 18.9. The zero-order valence-electron chi connectivity index (χ0n) is 13.8. The third-order valence-electron chi connectivity index (χ3n) is 4.65. The van der Waals surface area contributed by atoms with Crippen LogP contribution in [0.1, 0.15) is 24.0 Å². The van der Waals surface area contributed by atoms with Gasteiger partial charge in [0.1, 0.15) is 17.4 Å². The maximum Gasteiger partial charge on any atom is 0.271 e. The monoisotopic (exact) mass is 358 g/mol. The van der Waals surface area contributed by atoms with Crippen molar-refractivity contribution in [3.05, 3.63) is 59.2 Å². The van der Waals surface area contributed by atoms with Gasteiger partial charge < -0.3 is 14.8 Å². The Morgan fingerprint density at radius 2 is 2.12 bits per heavy atom. The number of nitrogens with zero attached hydrogens (tertiary/aromatic N) is 2. The second kappa shape index (κ2) is 6.40. The number of rotatable bonds is 2. The van der Waals surface area contributed by atoms with Gasteiger partial charge in [-0.2, -0.15) is 0 Å². The van der Waals surface area contributed by atoms with Gasteiger partial charge >= 0.3 is 0 Å². The van der Waals surface area contributed by atoms with Crippen molar-refractivity contribution in [1.82, 2.24) is 0 Å². The number of amides is 1. The van der Waals surface area contributed by atoms with Gasteiger partial charge in [0, 0.05) is 18.5 Å². The van der Waals surface area contributed by atoms with Crippen LogP contribution in [0.4, 0.5) is 14.5 Å². The molecular formula is C19H16F2N2O3. The molecule has 0 saturated carbocycles. The third-order valence-corrected chi connectivity index (χ3v) is 4.65. The number of oxime groups is 1. The summed E-state index contributed by atoms with van der Waals surface area (Å²) in [5.74, 6) is -1.54. The fourth-order valence-electron chi connectivity index (χ4n) is 3.41. The van der Waals surface area contributed by atoms with E-state index in [0.717, 1.165) is 36.6 Å². The summed E-state index contributed by atoms with van der Waals surface area (Å²) in [6.45, 7) is 0.451. The molecule has 2 aliphatic rings. The number of hydrogen-bond acceptors (Lipinski definition) is 4. The minimum absolute atomic E-state index is 0.0119. The van der Waals surface area contributed by atoms with E-state index in [0.29, 0.717) is 12.2 Å². The van der Waals surface area contributed by atoms with Gasteiger partial charge in [-0.25, -0.2) is 8.78 Å². The zero-order chi connectivity index (χ0) is 18.3. The van der Waals surface area contributed by atoms with Crippen LogP contribution in [0.2, 0.25) is 0 Å². The van der Waals surface area contributed by atoms with Crippen molar-refractivity contribution >= 4 is 17.3 Å². The highest BCUT2D eigenvalue weighted by Gasteiger charge is 2.36. The predicted molar refractivity (Wildman–Crippen MR) is 91.2 cm³/mol. The summed E-state index contributed by atoms with van der Waals surface area (Å²) < 4.78 is 27.3. The number of carbonyl (C=O) groups excluding carboxylic acids is 1. The van der Waals surface area contributed by atoms with Crippen molar-refractivity contribution in [3.8, 4) is 5.75 Å². The van der Waals surface area contributed by atoms with E-state index in [1.807, 2.05) is 6.07 Å². The highest BCUT2D eigenvalue weighted by Crippen LogP contribution is 2.36. The molecular weight excluding hydrogens is 342 g/mol. The standard InChI is InChI=1S/C19H16F2N2O3/c20-12-6-7-14(21)13(9-12)15-10-17(26-22-15)19(25)23-8-2-4-11-3-1-5-16(24)18(11)23/h1,3,5-7,9,17,24H,2,4,8,10H2/t17-/m1/s1. The number of para-hydroxylation sites is 1. The van der Waals surface area contributed by atoms with E-state index in [-0.39, 0.29) is 29.4 Å².